The van der Waals surface area contributed by atoms with Crippen molar-refractivity contribution in [2.45, 2.75) is 11.4 Å². The molecule has 1 heterocycles. The molecule has 21 heavy (non-hydrogen) atoms. The smallest absolute Gasteiger partial charge is 0.182 e. The van der Waals surface area contributed by atoms with Crippen molar-refractivity contribution in [3.63, 3.8) is 0 Å². The summed E-state index contributed by atoms with van der Waals surface area (Å²) in [5.41, 5.74) is 12.7. The maximum atomic E-state index is 7.30. The Kier molecular flexibility index (Phi) is 5.29. The van der Waals surface area contributed by atoms with Crippen molar-refractivity contribution in [2.24, 2.45) is 11.5 Å². The van der Waals surface area contributed by atoms with Gasteiger partial charge in [-0.1, -0.05) is 36.0 Å². The van der Waals surface area contributed by atoms with Crippen LogP contribution in [0.1, 0.15) is 5.56 Å². The van der Waals surface area contributed by atoms with E-state index in [9.17, 15) is 0 Å². The van der Waals surface area contributed by atoms with Crippen molar-refractivity contribution < 1.29 is 4.42 Å². The molecule has 0 bridgehead atoms. The first-order valence-corrected chi connectivity index (χ1v) is 7.88. The van der Waals surface area contributed by atoms with Gasteiger partial charge in [-0.25, -0.2) is 4.98 Å². The number of nitrogens with zero attached hydrogens (tertiary/aromatic N) is 1. The lowest BCUT2D eigenvalue weighted by Gasteiger charge is -2.03. The summed E-state index contributed by atoms with van der Waals surface area (Å²) in [7, 11) is 0. The normalized spacial score (nSPS) is 10.5. The van der Waals surface area contributed by atoms with Crippen LogP contribution >= 0.6 is 23.5 Å². The second-order valence-electron chi connectivity index (χ2n) is 4.11. The SMILES string of the molecule is N=C(N)SCCc1ccc(-c2ocnc2SC(=N)N)cc1. The fourth-order valence-corrected chi connectivity index (χ4v) is 2.83. The Bertz CT molecular complexity index is 638. The Balaban J connectivity index is 2.07. The number of hydrogen-bond donors (Lipinski definition) is 4. The first kappa shape index (κ1) is 15.5. The average Bonchev–Trinajstić information content (AvgIpc) is 2.86. The number of amidine groups is 2. The highest BCUT2D eigenvalue weighted by molar-refractivity contribution is 8.13. The molecule has 0 unspecified atom stereocenters. The highest BCUT2D eigenvalue weighted by Crippen LogP contribution is 2.30. The lowest BCUT2D eigenvalue weighted by molar-refractivity contribution is 0.570. The lowest BCUT2D eigenvalue weighted by atomic mass is 10.1. The molecule has 0 saturated carbocycles. The summed E-state index contributed by atoms with van der Waals surface area (Å²) >= 11 is 2.39. The van der Waals surface area contributed by atoms with Crippen molar-refractivity contribution >= 4 is 33.9 Å². The van der Waals surface area contributed by atoms with Crippen LogP contribution in [0.15, 0.2) is 40.1 Å². The molecule has 0 aliphatic rings. The molecule has 2 aromatic rings. The Labute approximate surface area is 130 Å². The fraction of sp³-hybridized carbons (Fsp3) is 0.154. The molecule has 0 radical (unpaired) electrons. The number of oxazole rings is 1. The van der Waals surface area contributed by atoms with E-state index in [2.05, 4.69) is 4.98 Å². The van der Waals surface area contributed by atoms with E-state index in [1.165, 1.54) is 18.2 Å². The molecular formula is C13H15N5OS2. The van der Waals surface area contributed by atoms with Crippen LogP contribution in [0.25, 0.3) is 11.3 Å². The number of rotatable bonds is 5. The van der Waals surface area contributed by atoms with E-state index in [1.54, 1.807) is 0 Å². The molecule has 0 saturated heterocycles. The third kappa shape index (κ3) is 4.54. The van der Waals surface area contributed by atoms with E-state index in [4.69, 9.17) is 26.7 Å². The summed E-state index contributed by atoms with van der Waals surface area (Å²) in [4.78, 5) is 4.06. The summed E-state index contributed by atoms with van der Waals surface area (Å²) in [6.07, 6.45) is 2.19. The van der Waals surface area contributed by atoms with Crippen LogP contribution in [0.5, 0.6) is 0 Å². The zero-order valence-corrected chi connectivity index (χ0v) is 12.8. The van der Waals surface area contributed by atoms with Gasteiger partial charge in [0.25, 0.3) is 0 Å². The van der Waals surface area contributed by atoms with Gasteiger partial charge >= 0.3 is 0 Å². The zero-order valence-electron chi connectivity index (χ0n) is 11.1. The van der Waals surface area contributed by atoms with Crippen LogP contribution in [-0.2, 0) is 6.42 Å². The first-order valence-electron chi connectivity index (χ1n) is 6.07. The van der Waals surface area contributed by atoms with E-state index in [0.717, 1.165) is 35.1 Å². The number of nitrogens with two attached hydrogens (primary N) is 2. The molecule has 1 aromatic heterocycles. The topological polar surface area (TPSA) is 126 Å². The van der Waals surface area contributed by atoms with E-state index in [-0.39, 0.29) is 10.3 Å². The number of aromatic nitrogens is 1. The molecular weight excluding hydrogens is 306 g/mol. The molecule has 110 valence electrons. The third-order valence-electron chi connectivity index (χ3n) is 2.61. The second kappa shape index (κ2) is 7.19. The quantitative estimate of drug-likeness (QED) is 0.381. The number of hydrogen-bond acceptors (Lipinski definition) is 6. The molecule has 6 nitrogen and oxygen atoms in total. The van der Waals surface area contributed by atoms with Crippen molar-refractivity contribution in [3.05, 3.63) is 36.2 Å². The largest absolute Gasteiger partial charge is 0.442 e. The summed E-state index contributed by atoms with van der Waals surface area (Å²) in [6.45, 7) is 0. The van der Waals surface area contributed by atoms with Gasteiger partial charge < -0.3 is 15.9 Å². The molecule has 2 rings (SSSR count). The summed E-state index contributed by atoms with van der Waals surface area (Å²) in [5.74, 6) is 1.39. The van der Waals surface area contributed by atoms with E-state index < -0.39 is 0 Å². The number of aryl methyl sites for hydroxylation is 1. The Morgan fingerprint density at radius 2 is 1.86 bits per heavy atom. The molecule has 0 atom stereocenters. The molecule has 0 spiro atoms. The highest BCUT2D eigenvalue weighted by atomic mass is 32.2. The van der Waals surface area contributed by atoms with Gasteiger partial charge in [0.2, 0.25) is 0 Å². The minimum absolute atomic E-state index is 0.0250. The summed E-state index contributed by atoms with van der Waals surface area (Å²) in [5, 5.41) is 15.2. The molecule has 8 heteroatoms. The summed E-state index contributed by atoms with van der Waals surface area (Å²) < 4.78 is 5.37. The summed E-state index contributed by atoms with van der Waals surface area (Å²) in [6, 6.07) is 7.89. The van der Waals surface area contributed by atoms with Crippen LogP contribution in [0.4, 0.5) is 0 Å². The standard InChI is InChI=1S/C13H15N5OS2/c14-12(15)20-6-5-8-1-3-9(4-2-8)10-11(18-7-19-10)21-13(16)17/h1-4,7H,5-6H2,(H3,14,15)(H3,16,17). The Hall–Kier alpha value is -1.93. The van der Waals surface area contributed by atoms with Gasteiger partial charge in [0.15, 0.2) is 27.5 Å². The van der Waals surface area contributed by atoms with Crippen molar-refractivity contribution in [3.8, 4) is 11.3 Å². The zero-order chi connectivity index (χ0) is 15.2. The lowest BCUT2D eigenvalue weighted by Crippen LogP contribution is -2.05. The fourth-order valence-electron chi connectivity index (χ4n) is 1.71. The molecule has 0 amide bonds. The average molecular weight is 321 g/mol. The van der Waals surface area contributed by atoms with Crippen LogP contribution in [-0.4, -0.2) is 21.1 Å². The molecule has 6 N–H and O–H groups in total. The van der Waals surface area contributed by atoms with Gasteiger partial charge in [0.1, 0.15) is 0 Å². The predicted molar refractivity (Wildman–Crippen MR) is 87.8 cm³/mol. The van der Waals surface area contributed by atoms with Crippen molar-refractivity contribution in [1.29, 1.82) is 10.8 Å². The van der Waals surface area contributed by atoms with Gasteiger partial charge in [0.05, 0.1) is 0 Å². The molecule has 0 aliphatic carbocycles. The number of nitrogens with one attached hydrogen (secondary N) is 2. The third-order valence-corrected chi connectivity index (χ3v) is 4.03. The second-order valence-corrected chi connectivity index (χ2v) is 6.28. The van der Waals surface area contributed by atoms with Crippen LogP contribution in [0.2, 0.25) is 0 Å². The Morgan fingerprint density at radius 3 is 2.48 bits per heavy atom. The van der Waals surface area contributed by atoms with Gasteiger partial charge in [-0.05, 0) is 23.7 Å². The monoisotopic (exact) mass is 321 g/mol. The van der Waals surface area contributed by atoms with Gasteiger partial charge in [-0.3, -0.25) is 10.8 Å². The van der Waals surface area contributed by atoms with Crippen molar-refractivity contribution in [2.75, 3.05) is 5.75 Å². The van der Waals surface area contributed by atoms with E-state index in [1.807, 2.05) is 24.3 Å². The highest BCUT2D eigenvalue weighted by Gasteiger charge is 2.12. The molecule has 0 fully saturated rings. The van der Waals surface area contributed by atoms with Gasteiger partial charge in [-0.2, -0.15) is 0 Å². The maximum Gasteiger partial charge on any atom is 0.182 e. The van der Waals surface area contributed by atoms with E-state index >= 15 is 0 Å². The van der Waals surface area contributed by atoms with Gasteiger partial charge in [0, 0.05) is 11.3 Å². The van der Waals surface area contributed by atoms with Crippen LogP contribution < -0.4 is 11.5 Å². The molecule has 0 aliphatic heterocycles. The van der Waals surface area contributed by atoms with Crippen LogP contribution in [0, 0.1) is 10.8 Å². The Morgan fingerprint density at radius 1 is 1.14 bits per heavy atom. The van der Waals surface area contributed by atoms with Gasteiger partial charge in [-0.15, -0.1) is 0 Å². The van der Waals surface area contributed by atoms with Crippen LogP contribution in [0.3, 0.4) is 0 Å². The minimum Gasteiger partial charge on any atom is -0.442 e. The number of thioether (sulfide) groups is 2. The molecule has 1 aromatic carbocycles. The van der Waals surface area contributed by atoms with Crippen molar-refractivity contribution in [1.82, 2.24) is 4.98 Å². The number of benzene rings is 1. The minimum atomic E-state index is -0.0250. The predicted octanol–water partition coefficient (Wildman–Crippen LogP) is 2.50. The maximum absolute atomic E-state index is 7.30. The van der Waals surface area contributed by atoms with E-state index in [0.29, 0.717) is 10.8 Å². The first-order chi connectivity index (χ1) is 10.1.